The molecular weight excluding hydrogens is 602 g/mol. The van der Waals surface area contributed by atoms with Gasteiger partial charge in [0.2, 0.25) is 0 Å². The van der Waals surface area contributed by atoms with E-state index in [2.05, 4.69) is 0 Å². The molecule has 1 heterocycles. The molecule has 0 radical (unpaired) electrons. The lowest BCUT2D eigenvalue weighted by atomic mass is 10.1. The van der Waals surface area contributed by atoms with Crippen LogP contribution in [-0.4, -0.2) is 65.0 Å². The van der Waals surface area contributed by atoms with E-state index in [0.717, 1.165) is 12.3 Å². The summed E-state index contributed by atoms with van der Waals surface area (Å²) >= 11 is 0. The lowest BCUT2D eigenvalue weighted by Crippen LogP contribution is -2.46. The minimum absolute atomic E-state index is 0.0953. The average molecular weight is 626 g/mol. The van der Waals surface area contributed by atoms with Gasteiger partial charge in [-0.3, -0.25) is 34.7 Å². The lowest BCUT2D eigenvalue weighted by Gasteiger charge is -2.24. The summed E-state index contributed by atoms with van der Waals surface area (Å²) in [5.74, 6) is -4.36. The molecular formula is C28H23N3O12S. The number of fused-ring (bicyclic) bond motifs is 1. The van der Waals surface area contributed by atoms with E-state index in [4.69, 9.17) is 9.47 Å². The van der Waals surface area contributed by atoms with Gasteiger partial charge in [-0.25, -0.2) is 18.0 Å². The molecule has 0 spiro atoms. The number of hydrogen-bond donors (Lipinski definition) is 0. The van der Waals surface area contributed by atoms with E-state index in [1.807, 2.05) is 0 Å². The van der Waals surface area contributed by atoms with E-state index in [1.165, 1.54) is 60.7 Å². The molecule has 44 heavy (non-hydrogen) atoms. The molecule has 0 saturated carbocycles. The van der Waals surface area contributed by atoms with Crippen LogP contribution in [0.1, 0.15) is 48.6 Å². The Balaban J connectivity index is 1.50. The molecule has 0 aliphatic carbocycles. The number of esters is 2. The Bertz CT molecular complexity index is 1770. The van der Waals surface area contributed by atoms with Crippen LogP contribution in [0.2, 0.25) is 0 Å². The Morgan fingerprint density at radius 3 is 1.80 bits per heavy atom. The zero-order chi connectivity index (χ0) is 32.2. The first-order valence-electron chi connectivity index (χ1n) is 12.8. The molecule has 3 aromatic rings. The number of amides is 2. The first kappa shape index (κ1) is 31.4. The fraction of sp³-hybridized carbons (Fsp3) is 0.214. The molecule has 3 aromatic carbocycles. The first-order valence-corrected chi connectivity index (χ1v) is 14.8. The van der Waals surface area contributed by atoms with Crippen molar-refractivity contribution in [1.82, 2.24) is 4.90 Å². The number of ether oxygens (including phenoxy) is 2. The van der Waals surface area contributed by atoms with Gasteiger partial charge < -0.3 is 9.47 Å². The molecule has 0 unspecified atom stereocenters. The van der Waals surface area contributed by atoms with E-state index in [9.17, 15) is 47.8 Å². The van der Waals surface area contributed by atoms with Crippen LogP contribution in [0, 0.1) is 20.2 Å². The van der Waals surface area contributed by atoms with Crippen LogP contribution < -0.4 is 0 Å². The van der Waals surface area contributed by atoms with Crippen molar-refractivity contribution in [3.05, 3.63) is 115 Å². The number of nitro groups is 2. The summed E-state index contributed by atoms with van der Waals surface area (Å²) in [6.45, 7) is -0.610. The highest BCUT2D eigenvalue weighted by molar-refractivity contribution is 7.90. The normalized spacial score (nSPS) is 13.2. The van der Waals surface area contributed by atoms with Crippen LogP contribution >= 0.6 is 0 Å². The van der Waals surface area contributed by atoms with Crippen LogP contribution in [0.15, 0.2) is 66.7 Å². The molecule has 0 saturated heterocycles. The zero-order valence-electron chi connectivity index (χ0n) is 22.9. The fourth-order valence-electron chi connectivity index (χ4n) is 4.26. The SMILES string of the molecule is CS(=O)(=O)CC[C@H](C(=O)OCc1ccc([N+](=O)[O-])cc1)N1C(=O)c2ccc(C(=O)OCc3ccc([N+](=O)[O-])cc3)cc2C1=O. The summed E-state index contributed by atoms with van der Waals surface area (Å²) in [6, 6.07) is 12.3. The van der Waals surface area contributed by atoms with Crippen molar-refractivity contribution in [1.29, 1.82) is 0 Å². The van der Waals surface area contributed by atoms with Gasteiger partial charge in [0.25, 0.3) is 23.2 Å². The summed E-state index contributed by atoms with van der Waals surface area (Å²) in [6.07, 6.45) is 0.455. The maximum absolute atomic E-state index is 13.4. The fourth-order valence-corrected chi connectivity index (χ4v) is 4.91. The molecule has 1 aliphatic heterocycles. The van der Waals surface area contributed by atoms with Gasteiger partial charge in [0, 0.05) is 30.5 Å². The van der Waals surface area contributed by atoms with E-state index in [-0.39, 0.29) is 41.3 Å². The van der Waals surface area contributed by atoms with Crippen molar-refractivity contribution < 1.29 is 46.9 Å². The average Bonchev–Trinajstić information content (AvgIpc) is 3.23. The summed E-state index contributed by atoms with van der Waals surface area (Å²) in [5, 5.41) is 21.7. The van der Waals surface area contributed by atoms with Gasteiger partial charge in [-0.1, -0.05) is 0 Å². The second-order valence-corrected chi connectivity index (χ2v) is 12.0. The molecule has 1 atom stereocenters. The van der Waals surface area contributed by atoms with Crippen LogP contribution in [0.5, 0.6) is 0 Å². The number of sulfone groups is 1. The van der Waals surface area contributed by atoms with Gasteiger partial charge in [-0.15, -0.1) is 0 Å². The summed E-state index contributed by atoms with van der Waals surface area (Å²) in [7, 11) is -3.63. The third-order valence-corrected chi connectivity index (χ3v) is 7.52. The zero-order valence-corrected chi connectivity index (χ0v) is 23.7. The monoisotopic (exact) mass is 625 g/mol. The quantitative estimate of drug-likeness (QED) is 0.123. The highest BCUT2D eigenvalue weighted by Crippen LogP contribution is 2.28. The molecule has 16 heteroatoms. The highest BCUT2D eigenvalue weighted by Gasteiger charge is 2.44. The van der Waals surface area contributed by atoms with Gasteiger partial charge >= 0.3 is 11.9 Å². The Kier molecular flexibility index (Phi) is 9.13. The summed E-state index contributed by atoms with van der Waals surface area (Å²) < 4.78 is 34.2. The third kappa shape index (κ3) is 7.27. The maximum atomic E-state index is 13.4. The van der Waals surface area contributed by atoms with Gasteiger partial charge in [-0.05, 0) is 60.0 Å². The van der Waals surface area contributed by atoms with Gasteiger partial charge in [0.1, 0.15) is 29.1 Å². The van der Waals surface area contributed by atoms with Gasteiger partial charge in [0.05, 0.1) is 32.3 Å². The predicted octanol–water partition coefficient (Wildman–Crippen LogP) is 3.00. The number of carbonyl (C=O) groups is 4. The highest BCUT2D eigenvalue weighted by atomic mass is 32.2. The standard InChI is InChI=1S/C28H23N3O12S/c1-44(40,41)13-12-24(28(35)43-16-18-4-9-21(10-5-18)31(38)39)29-25(32)22-11-6-19(14-23(22)26(29)33)27(34)42-15-17-2-7-20(8-3-17)30(36)37/h2-11,14,24H,12-13,15-16H2,1H3/t24-/m1/s1. The number of carbonyl (C=O) groups excluding carboxylic acids is 4. The minimum Gasteiger partial charge on any atom is -0.459 e. The number of rotatable bonds is 12. The van der Waals surface area contributed by atoms with E-state index in [1.54, 1.807) is 0 Å². The molecule has 0 aromatic heterocycles. The molecule has 0 bridgehead atoms. The topological polar surface area (TPSA) is 210 Å². The maximum Gasteiger partial charge on any atom is 0.338 e. The van der Waals surface area contributed by atoms with Crippen LogP contribution in [0.3, 0.4) is 0 Å². The number of hydrogen-bond acceptors (Lipinski definition) is 12. The Labute approximate surface area is 249 Å². The molecule has 2 amide bonds. The van der Waals surface area contributed by atoms with E-state index < -0.39 is 61.7 Å². The van der Waals surface area contributed by atoms with Crippen molar-refractivity contribution in [2.24, 2.45) is 0 Å². The number of benzene rings is 3. The number of non-ortho nitro benzene ring substituents is 2. The van der Waals surface area contributed by atoms with Gasteiger partial charge in [-0.2, -0.15) is 0 Å². The van der Waals surface area contributed by atoms with Gasteiger partial charge in [0.15, 0.2) is 0 Å². The second kappa shape index (κ2) is 12.8. The van der Waals surface area contributed by atoms with Crippen LogP contribution in [-0.2, 0) is 37.3 Å². The molecule has 0 N–H and O–H groups in total. The van der Waals surface area contributed by atoms with E-state index >= 15 is 0 Å². The third-order valence-electron chi connectivity index (χ3n) is 6.54. The van der Waals surface area contributed by atoms with Crippen molar-refractivity contribution in [3.8, 4) is 0 Å². The number of imide groups is 1. The smallest absolute Gasteiger partial charge is 0.338 e. The summed E-state index contributed by atoms with van der Waals surface area (Å²) in [5.41, 5.74) is 0.0561. The van der Waals surface area contributed by atoms with Crippen molar-refractivity contribution in [2.45, 2.75) is 25.7 Å². The first-order chi connectivity index (χ1) is 20.7. The van der Waals surface area contributed by atoms with Crippen molar-refractivity contribution in [2.75, 3.05) is 12.0 Å². The molecule has 0 fully saturated rings. The molecule has 4 rings (SSSR count). The Morgan fingerprint density at radius 2 is 1.30 bits per heavy atom. The lowest BCUT2D eigenvalue weighted by molar-refractivity contribution is -0.385. The molecule has 1 aliphatic rings. The van der Waals surface area contributed by atoms with Crippen molar-refractivity contribution >= 4 is 45.0 Å². The second-order valence-electron chi connectivity index (χ2n) is 9.71. The largest absolute Gasteiger partial charge is 0.459 e. The number of nitro benzene ring substituents is 2. The summed E-state index contributed by atoms with van der Waals surface area (Å²) in [4.78, 5) is 73.5. The number of nitrogens with zero attached hydrogens (tertiary/aromatic N) is 3. The van der Waals surface area contributed by atoms with Crippen LogP contribution in [0.4, 0.5) is 11.4 Å². The predicted molar refractivity (Wildman–Crippen MR) is 150 cm³/mol. The molecule has 228 valence electrons. The Morgan fingerprint density at radius 1 is 0.795 bits per heavy atom. The van der Waals surface area contributed by atoms with E-state index in [0.29, 0.717) is 16.0 Å². The van der Waals surface area contributed by atoms with Crippen LogP contribution in [0.25, 0.3) is 0 Å². The Hall–Kier alpha value is -5.51. The minimum atomic E-state index is -3.63. The molecule has 15 nitrogen and oxygen atoms in total. The van der Waals surface area contributed by atoms with Crippen molar-refractivity contribution in [3.63, 3.8) is 0 Å².